The summed E-state index contributed by atoms with van der Waals surface area (Å²) in [6.45, 7) is 14.8. The number of rotatable bonds is 5. The van der Waals surface area contributed by atoms with Crippen LogP contribution in [0.3, 0.4) is 0 Å². The monoisotopic (exact) mass is 405 g/mol. The molecule has 0 saturated heterocycles. The standard InChI is InChI=1S/C25H31N3O2/c1-16-8-10-19(17(2)12-16)22-26-15-27-23(28-22)20-11-9-18(13-21(20)29)30-25(6,7)14-24(3,4)5/h8-13,15,29H,14H2,1-7H3. The van der Waals surface area contributed by atoms with Gasteiger partial charge in [0.15, 0.2) is 11.6 Å². The minimum absolute atomic E-state index is 0.0804. The molecule has 0 spiro atoms. The summed E-state index contributed by atoms with van der Waals surface area (Å²) in [5.41, 5.74) is 3.57. The molecule has 3 rings (SSSR count). The van der Waals surface area contributed by atoms with Gasteiger partial charge in [-0.15, -0.1) is 0 Å². The summed E-state index contributed by atoms with van der Waals surface area (Å²) in [4.78, 5) is 13.2. The van der Waals surface area contributed by atoms with Gasteiger partial charge in [0.05, 0.1) is 5.56 Å². The van der Waals surface area contributed by atoms with Crippen molar-refractivity contribution in [1.29, 1.82) is 0 Å². The topological polar surface area (TPSA) is 68.1 Å². The van der Waals surface area contributed by atoms with E-state index in [-0.39, 0.29) is 16.8 Å². The average molecular weight is 406 g/mol. The summed E-state index contributed by atoms with van der Waals surface area (Å²) < 4.78 is 6.16. The number of aromatic hydroxyl groups is 1. The van der Waals surface area contributed by atoms with Crippen LogP contribution in [0.4, 0.5) is 0 Å². The van der Waals surface area contributed by atoms with Crippen molar-refractivity contribution in [2.75, 3.05) is 0 Å². The normalized spacial score (nSPS) is 12.1. The minimum atomic E-state index is -0.352. The number of phenols is 1. The Balaban J connectivity index is 1.89. The summed E-state index contributed by atoms with van der Waals surface area (Å²) in [5, 5.41) is 10.6. The van der Waals surface area contributed by atoms with Gasteiger partial charge in [0.25, 0.3) is 0 Å². The van der Waals surface area contributed by atoms with Crippen LogP contribution in [-0.2, 0) is 0 Å². The summed E-state index contributed by atoms with van der Waals surface area (Å²) in [6.07, 6.45) is 2.36. The first kappa shape index (κ1) is 21.8. The van der Waals surface area contributed by atoms with Crippen molar-refractivity contribution < 1.29 is 9.84 Å². The van der Waals surface area contributed by atoms with Gasteiger partial charge in [-0.3, -0.25) is 0 Å². The van der Waals surface area contributed by atoms with Gasteiger partial charge in [-0.2, -0.15) is 0 Å². The Bertz CT molecular complexity index is 1050. The molecule has 158 valence electrons. The zero-order valence-electron chi connectivity index (χ0n) is 18.9. The van der Waals surface area contributed by atoms with Gasteiger partial charge in [0.2, 0.25) is 0 Å². The maximum Gasteiger partial charge on any atom is 0.167 e. The van der Waals surface area contributed by atoms with E-state index in [0.717, 1.165) is 17.5 Å². The SMILES string of the molecule is Cc1ccc(-c2ncnc(-c3ccc(OC(C)(C)CC(C)(C)C)cc3O)n2)c(C)c1. The third kappa shape index (κ3) is 5.35. The largest absolute Gasteiger partial charge is 0.507 e. The maximum atomic E-state index is 10.6. The molecule has 0 saturated carbocycles. The molecule has 1 heterocycles. The van der Waals surface area contributed by atoms with E-state index in [1.54, 1.807) is 12.1 Å². The first-order valence-corrected chi connectivity index (χ1v) is 10.2. The molecule has 0 aliphatic rings. The van der Waals surface area contributed by atoms with Crippen LogP contribution in [0.1, 0.15) is 52.2 Å². The summed E-state index contributed by atoms with van der Waals surface area (Å²) in [5.74, 6) is 1.72. The molecule has 0 aliphatic heterocycles. The predicted molar refractivity (Wildman–Crippen MR) is 121 cm³/mol. The zero-order chi connectivity index (χ0) is 22.1. The quantitative estimate of drug-likeness (QED) is 0.554. The second-order valence-corrected chi connectivity index (χ2v) is 9.73. The van der Waals surface area contributed by atoms with E-state index >= 15 is 0 Å². The molecule has 5 nitrogen and oxygen atoms in total. The van der Waals surface area contributed by atoms with Crippen LogP contribution in [0.5, 0.6) is 11.5 Å². The van der Waals surface area contributed by atoms with Crippen molar-refractivity contribution in [2.45, 2.75) is 60.5 Å². The Morgan fingerprint density at radius 1 is 0.867 bits per heavy atom. The van der Waals surface area contributed by atoms with Crippen LogP contribution in [0.25, 0.3) is 22.8 Å². The molecule has 3 aromatic rings. The van der Waals surface area contributed by atoms with Crippen LogP contribution >= 0.6 is 0 Å². The fraction of sp³-hybridized carbons (Fsp3) is 0.400. The summed E-state index contributed by atoms with van der Waals surface area (Å²) >= 11 is 0. The lowest BCUT2D eigenvalue weighted by atomic mass is 9.83. The molecule has 0 bridgehead atoms. The van der Waals surface area contributed by atoms with E-state index in [1.165, 1.54) is 11.9 Å². The number of nitrogens with zero attached hydrogens (tertiary/aromatic N) is 3. The van der Waals surface area contributed by atoms with E-state index in [9.17, 15) is 5.11 Å². The van der Waals surface area contributed by atoms with Crippen LogP contribution in [0.2, 0.25) is 0 Å². The summed E-state index contributed by atoms with van der Waals surface area (Å²) in [7, 11) is 0. The lowest BCUT2D eigenvalue weighted by Crippen LogP contribution is -2.33. The molecular formula is C25H31N3O2. The number of ether oxygens (including phenoxy) is 1. The minimum Gasteiger partial charge on any atom is -0.507 e. The molecule has 0 aliphatic carbocycles. The number of phenolic OH excluding ortho intramolecular Hbond substituents is 1. The second-order valence-electron chi connectivity index (χ2n) is 9.73. The Kier molecular flexibility index (Phi) is 5.84. The number of aromatic nitrogens is 3. The first-order valence-electron chi connectivity index (χ1n) is 10.2. The molecule has 0 amide bonds. The van der Waals surface area contributed by atoms with Crippen molar-refractivity contribution in [3.63, 3.8) is 0 Å². The van der Waals surface area contributed by atoms with Crippen molar-refractivity contribution in [3.05, 3.63) is 53.9 Å². The number of hydrogen-bond donors (Lipinski definition) is 1. The van der Waals surface area contributed by atoms with Crippen LogP contribution in [0, 0.1) is 19.3 Å². The average Bonchev–Trinajstić information content (AvgIpc) is 2.59. The van der Waals surface area contributed by atoms with Gasteiger partial charge in [0, 0.05) is 11.6 Å². The third-order valence-corrected chi connectivity index (χ3v) is 4.75. The molecule has 2 aromatic carbocycles. The molecule has 5 heteroatoms. The van der Waals surface area contributed by atoms with Gasteiger partial charge in [0.1, 0.15) is 23.4 Å². The van der Waals surface area contributed by atoms with E-state index in [1.807, 2.05) is 25.1 Å². The van der Waals surface area contributed by atoms with Gasteiger partial charge in [-0.1, -0.05) is 44.5 Å². The lowest BCUT2D eigenvalue weighted by Gasteiger charge is -2.33. The van der Waals surface area contributed by atoms with Crippen LogP contribution in [0.15, 0.2) is 42.7 Å². The van der Waals surface area contributed by atoms with Crippen LogP contribution < -0.4 is 4.74 Å². The van der Waals surface area contributed by atoms with Crippen LogP contribution in [-0.4, -0.2) is 25.7 Å². The van der Waals surface area contributed by atoms with E-state index in [2.05, 4.69) is 62.6 Å². The Hall–Kier alpha value is -2.95. The van der Waals surface area contributed by atoms with Crippen molar-refractivity contribution in [1.82, 2.24) is 15.0 Å². The van der Waals surface area contributed by atoms with E-state index in [0.29, 0.717) is 23.0 Å². The molecule has 30 heavy (non-hydrogen) atoms. The Labute approximate surface area is 179 Å². The third-order valence-electron chi connectivity index (χ3n) is 4.75. The van der Waals surface area contributed by atoms with Gasteiger partial charge in [-0.05, 0) is 57.2 Å². The molecule has 1 N–H and O–H groups in total. The number of benzene rings is 2. The fourth-order valence-corrected chi connectivity index (χ4v) is 4.02. The lowest BCUT2D eigenvalue weighted by molar-refractivity contribution is 0.0620. The van der Waals surface area contributed by atoms with E-state index in [4.69, 9.17) is 4.74 Å². The molecular weight excluding hydrogens is 374 g/mol. The second kappa shape index (κ2) is 8.05. The smallest absolute Gasteiger partial charge is 0.167 e. The van der Waals surface area contributed by atoms with Crippen molar-refractivity contribution >= 4 is 0 Å². The molecule has 1 aromatic heterocycles. The van der Waals surface area contributed by atoms with E-state index < -0.39 is 0 Å². The van der Waals surface area contributed by atoms with Gasteiger partial charge >= 0.3 is 0 Å². The molecule has 0 fully saturated rings. The summed E-state index contributed by atoms with van der Waals surface area (Å²) in [6, 6.07) is 11.4. The first-order chi connectivity index (χ1) is 13.9. The highest BCUT2D eigenvalue weighted by Gasteiger charge is 2.27. The maximum absolute atomic E-state index is 10.6. The highest BCUT2D eigenvalue weighted by atomic mass is 16.5. The number of hydrogen-bond acceptors (Lipinski definition) is 5. The Morgan fingerprint density at radius 3 is 2.10 bits per heavy atom. The van der Waals surface area contributed by atoms with Gasteiger partial charge in [-0.25, -0.2) is 15.0 Å². The molecule has 0 atom stereocenters. The van der Waals surface area contributed by atoms with Crippen molar-refractivity contribution in [3.8, 4) is 34.3 Å². The molecule has 0 unspecified atom stereocenters. The zero-order valence-corrected chi connectivity index (χ0v) is 18.9. The van der Waals surface area contributed by atoms with Gasteiger partial charge < -0.3 is 9.84 Å². The Morgan fingerprint density at radius 2 is 1.50 bits per heavy atom. The van der Waals surface area contributed by atoms with Crippen molar-refractivity contribution in [2.24, 2.45) is 5.41 Å². The fourth-order valence-electron chi connectivity index (χ4n) is 4.02. The highest BCUT2D eigenvalue weighted by Crippen LogP contribution is 2.35. The number of aryl methyl sites for hydroxylation is 2. The highest BCUT2D eigenvalue weighted by molar-refractivity contribution is 5.68. The molecule has 0 radical (unpaired) electrons. The predicted octanol–water partition coefficient (Wildman–Crippen LogP) is 6.12.